The van der Waals surface area contributed by atoms with Gasteiger partial charge in [0.15, 0.2) is 0 Å². The average molecular weight is 223 g/mol. The van der Waals surface area contributed by atoms with E-state index in [-0.39, 0.29) is 11.7 Å². The lowest BCUT2D eigenvalue weighted by Gasteiger charge is -2.09. The Labute approximate surface area is 97.3 Å². The van der Waals surface area contributed by atoms with E-state index in [4.69, 9.17) is 5.73 Å². The number of nitrogens with one attached hydrogen (secondary N) is 1. The number of carbonyl (C=O) groups is 1. The molecule has 0 unspecified atom stereocenters. The third kappa shape index (κ3) is 4.29. The first-order valence-electron chi connectivity index (χ1n) is 5.29. The summed E-state index contributed by atoms with van der Waals surface area (Å²) in [6.07, 6.45) is 1.60. The number of amides is 1. The van der Waals surface area contributed by atoms with Gasteiger partial charge in [0.05, 0.1) is 5.57 Å². The highest BCUT2D eigenvalue weighted by molar-refractivity contribution is 6.20. The number of rotatable bonds is 5. The molecule has 0 bridgehead atoms. The normalized spacial score (nSPS) is 13.4. The fourth-order valence-corrected chi connectivity index (χ4v) is 1.08. The molecule has 0 radical (unpaired) electrons. The SMILES string of the molecule is C=C/C(C)=C(\C(=O)NC)C(N)=NCC(C)C. The molecule has 0 saturated carbocycles. The van der Waals surface area contributed by atoms with E-state index in [0.29, 0.717) is 18.0 Å². The molecule has 0 rings (SSSR count). The molecule has 0 aromatic carbocycles. The average Bonchev–Trinajstić information content (AvgIpc) is 2.25. The molecule has 0 spiro atoms. The van der Waals surface area contributed by atoms with Gasteiger partial charge in [0.25, 0.3) is 5.91 Å². The number of amidine groups is 1. The molecule has 1 amide bonds. The van der Waals surface area contributed by atoms with E-state index in [1.165, 1.54) is 0 Å². The van der Waals surface area contributed by atoms with Gasteiger partial charge in [-0.25, -0.2) is 0 Å². The van der Waals surface area contributed by atoms with Gasteiger partial charge in [0.2, 0.25) is 0 Å². The summed E-state index contributed by atoms with van der Waals surface area (Å²) in [5.74, 6) is 0.446. The topological polar surface area (TPSA) is 67.5 Å². The highest BCUT2D eigenvalue weighted by atomic mass is 16.1. The lowest BCUT2D eigenvalue weighted by Crippen LogP contribution is -2.30. The molecule has 0 aliphatic heterocycles. The Morgan fingerprint density at radius 1 is 1.56 bits per heavy atom. The minimum Gasteiger partial charge on any atom is -0.383 e. The molecular formula is C12H21N3O. The number of hydrogen-bond donors (Lipinski definition) is 2. The predicted octanol–water partition coefficient (Wildman–Crippen LogP) is 1.25. The van der Waals surface area contributed by atoms with E-state index in [1.807, 2.05) is 13.8 Å². The Morgan fingerprint density at radius 3 is 2.50 bits per heavy atom. The van der Waals surface area contributed by atoms with Crippen LogP contribution in [0.4, 0.5) is 0 Å². The number of allylic oxidation sites excluding steroid dienone is 2. The van der Waals surface area contributed by atoms with Crippen LogP contribution in [0.1, 0.15) is 20.8 Å². The van der Waals surface area contributed by atoms with Gasteiger partial charge in [-0.3, -0.25) is 9.79 Å². The summed E-state index contributed by atoms with van der Waals surface area (Å²) in [7, 11) is 1.56. The molecule has 16 heavy (non-hydrogen) atoms. The van der Waals surface area contributed by atoms with Crippen LogP contribution in [0.5, 0.6) is 0 Å². The number of carbonyl (C=O) groups excluding carboxylic acids is 1. The first-order chi connectivity index (χ1) is 7.43. The quantitative estimate of drug-likeness (QED) is 0.319. The summed E-state index contributed by atoms with van der Waals surface area (Å²) in [5, 5.41) is 2.54. The molecule has 0 saturated heterocycles. The Hall–Kier alpha value is -1.58. The van der Waals surface area contributed by atoms with Crippen molar-refractivity contribution >= 4 is 11.7 Å². The molecule has 0 heterocycles. The van der Waals surface area contributed by atoms with Crippen molar-refractivity contribution in [1.82, 2.24) is 5.32 Å². The maximum atomic E-state index is 11.6. The Bertz CT molecular complexity index is 327. The van der Waals surface area contributed by atoms with Gasteiger partial charge in [0.1, 0.15) is 5.84 Å². The van der Waals surface area contributed by atoms with Gasteiger partial charge in [-0.15, -0.1) is 0 Å². The molecule has 0 aliphatic rings. The minimum absolute atomic E-state index is 0.234. The third-order valence-electron chi connectivity index (χ3n) is 2.04. The van der Waals surface area contributed by atoms with Crippen LogP contribution >= 0.6 is 0 Å². The third-order valence-corrected chi connectivity index (χ3v) is 2.04. The number of aliphatic imine (C=N–C) groups is 1. The van der Waals surface area contributed by atoms with Crippen molar-refractivity contribution in [2.24, 2.45) is 16.6 Å². The van der Waals surface area contributed by atoms with Gasteiger partial charge in [-0.1, -0.05) is 26.5 Å². The van der Waals surface area contributed by atoms with Crippen LogP contribution in [0.15, 0.2) is 28.8 Å². The summed E-state index contributed by atoms with van der Waals surface area (Å²) in [5.41, 5.74) is 6.93. The van der Waals surface area contributed by atoms with Crippen molar-refractivity contribution in [3.63, 3.8) is 0 Å². The van der Waals surface area contributed by atoms with Crippen LogP contribution in [0.25, 0.3) is 0 Å². The molecule has 4 heteroatoms. The van der Waals surface area contributed by atoms with Crippen molar-refractivity contribution in [2.45, 2.75) is 20.8 Å². The second-order valence-corrected chi connectivity index (χ2v) is 3.96. The minimum atomic E-state index is -0.234. The molecule has 0 aliphatic carbocycles. The highest BCUT2D eigenvalue weighted by Gasteiger charge is 2.14. The Balaban J connectivity index is 5.14. The van der Waals surface area contributed by atoms with Crippen molar-refractivity contribution in [2.75, 3.05) is 13.6 Å². The van der Waals surface area contributed by atoms with E-state index in [9.17, 15) is 4.79 Å². The maximum Gasteiger partial charge on any atom is 0.255 e. The molecule has 90 valence electrons. The van der Waals surface area contributed by atoms with E-state index < -0.39 is 0 Å². The highest BCUT2D eigenvalue weighted by Crippen LogP contribution is 2.06. The second-order valence-electron chi connectivity index (χ2n) is 3.96. The summed E-state index contributed by atoms with van der Waals surface area (Å²) < 4.78 is 0. The van der Waals surface area contributed by atoms with Crippen LogP contribution in [-0.4, -0.2) is 25.3 Å². The summed E-state index contributed by atoms with van der Waals surface area (Å²) in [6, 6.07) is 0. The van der Waals surface area contributed by atoms with Crippen LogP contribution < -0.4 is 11.1 Å². The summed E-state index contributed by atoms with van der Waals surface area (Å²) >= 11 is 0. The van der Waals surface area contributed by atoms with Gasteiger partial charge in [0, 0.05) is 13.6 Å². The van der Waals surface area contributed by atoms with Gasteiger partial charge in [-0.05, 0) is 18.4 Å². The van der Waals surface area contributed by atoms with Gasteiger partial charge in [-0.2, -0.15) is 0 Å². The van der Waals surface area contributed by atoms with Crippen molar-refractivity contribution in [3.8, 4) is 0 Å². The lowest BCUT2D eigenvalue weighted by molar-refractivity contribution is -0.116. The van der Waals surface area contributed by atoms with E-state index in [2.05, 4.69) is 16.9 Å². The van der Waals surface area contributed by atoms with Crippen molar-refractivity contribution < 1.29 is 4.79 Å². The monoisotopic (exact) mass is 223 g/mol. The zero-order valence-electron chi connectivity index (χ0n) is 10.5. The molecule has 3 N–H and O–H groups in total. The summed E-state index contributed by atoms with van der Waals surface area (Å²) in [6.45, 7) is 10.1. The number of nitrogens with two attached hydrogens (primary N) is 1. The van der Waals surface area contributed by atoms with Crippen molar-refractivity contribution in [3.05, 3.63) is 23.8 Å². The second kappa shape index (κ2) is 6.82. The Kier molecular flexibility index (Phi) is 6.15. The van der Waals surface area contributed by atoms with Crippen LogP contribution in [-0.2, 0) is 4.79 Å². The predicted molar refractivity (Wildman–Crippen MR) is 68.3 cm³/mol. The smallest absolute Gasteiger partial charge is 0.255 e. The fraction of sp³-hybridized carbons (Fsp3) is 0.500. The molecule has 4 nitrogen and oxygen atoms in total. The zero-order valence-corrected chi connectivity index (χ0v) is 10.5. The van der Waals surface area contributed by atoms with E-state index in [1.54, 1.807) is 20.0 Å². The number of hydrogen-bond acceptors (Lipinski definition) is 2. The maximum absolute atomic E-state index is 11.6. The van der Waals surface area contributed by atoms with Gasteiger partial charge >= 0.3 is 0 Å². The van der Waals surface area contributed by atoms with Crippen LogP contribution in [0.3, 0.4) is 0 Å². The standard InChI is InChI=1S/C12H21N3O/c1-6-9(4)10(12(16)14-5)11(13)15-7-8(2)3/h6,8H,1,7H2,2-5H3,(H2,13,15)(H,14,16)/b10-9-. The fourth-order valence-electron chi connectivity index (χ4n) is 1.08. The zero-order chi connectivity index (χ0) is 12.7. The first-order valence-corrected chi connectivity index (χ1v) is 5.29. The van der Waals surface area contributed by atoms with E-state index >= 15 is 0 Å². The molecule has 0 aromatic heterocycles. The number of nitrogens with zero attached hydrogens (tertiary/aromatic N) is 1. The van der Waals surface area contributed by atoms with E-state index in [0.717, 1.165) is 5.57 Å². The van der Waals surface area contributed by atoms with Gasteiger partial charge < -0.3 is 11.1 Å². The first kappa shape index (κ1) is 14.4. The number of likely N-dealkylation sites (N-methyl/N-ethyl adjacent to an activating group) is 1. The van der Waals surface area contributed by atoms with Crippen LogP contribution in [0.2, 0.25) is 0 Å². The lowest BCUT2D eigenvalue weighted by atomic mass is 10.1. The largest absolute Gasteiger partial charge is 0.383 e. The summed E-state index contributed by atoms with van der Waals surface area (Å²) in [4.78, 5) is 15.8. The molecule has 0 aromatic rings. The Morgan fingerprint density at radius 2 is 2.12 bits per heavy atom. The van der Waals surface area contributed by atoms with Crippen molar-refractivity contribution in [1.29, 1.82) is 0 Å². The van der Waals surface area contributed by atoms with Crippen LogP contribution in [0, 0.1) is 5.92 Å². The molecule has 0 atom stereocenters. The molecular weight excluding hydrogens is 202 g/mol. The molecule has 0 fully saturated rings.